The van der Waals surface area contributed by atoms with Crippen LogP contribution in [0.25, 0.3) is 0 Å². The third kappa shape index (κ3) is 4.03. The molecule has 1 aromatic heterocycles. The lowest BCUT2D eigenvalue weighted by molar-refractivity contribution is -0.147. The summed E-state index contributed by atoms with van der Waals surface area (Å²) in [6.07, 6.45) is 1.60. The fourth-order valence-electron chi connectivity index (χ4n) is 2.80. The normalized spacial score (nSPS) is 20.6. The number of carboxylic acids is 1. The molecule has 3 N–H and O–H groups in total. The number of carbonyl (C=O) groups is 3. The van der Waals surface area contributed by atoms with Crippen LogP contribution in [-0.4, -0.2) is 22.9 Å². The van der Waals surface area contributed by atoms with Crippen molar-refractivity contribution in [2.75, 3.05) is 0 Å². The average molecular weight is 350 g/mol. The Hall–Kier alpha value is -2.15. The third-order valence-electron chi connectivity index (χ3n) is 4.48. The quantitative estimate of drug-likeness (QED) is 0.574. The molecule has 0 bridgehead atoms. The Labute approximate surface area is 144 Å². The van der Waals surface area contributed by atoms with Crippen LogP contribution in [0.1, 0.15) is 48.8 Å². The van der Waals surface area contributed by atoms with Gasteiger partial charge in [-0.3, -0.25) is 25.2 Å². The summed E-state index contributed by atoms with van der Waals surface area (Å²) in [6, 6.07) is 1.78. The van der Waals surface area contributed by atoms with Gasteiger partial charge in [0.2, 0.25) is 5.91 Å². The standard InChI is InChI=1S/C17H22N2O4S/c1-4-12-7-11(8-24-12)15(20)18-19-16(21)13-5-9(2)10(3)6-14(13)17(22)23/h7-8,13-14H,4-6H2,1-3H3,(H,18,20)(H,19,21)(H,22,23)/t13-,14-/m1/s1. The van der Waals surface area contributed by atoms with E-state index in [-0.39, 0.29) is 0 Å². The molecule has 0 radical (unpaired) electrons. The van der Waals surface area contributed by atoms with Crippen LogP contribution in [0.4, 0.5) is 0 Å². The SMILES string of the molecule is CCc1cc(C(=O)NNC(=O)[C@@H]2CC(C)=C(C)C[C@H]2C(=O)O)cs1. The van der Waals surface area contributed by atoms with Crippen molar-refractivity contribution in [3.63, 3.8) is 0 Å². The van der Waals surface area contributed by atoms with E-state index in [2.05, 4.69) is 10.9 Å². The molecule has 24 heavy (non-hydrogen) atoms. The molecule has 2 amide bonds. The summed E-state index contributed by atoms with van der Waals surface area (Å²) in [5, 5.41) is 11.1. The summed E-state index contributed by atoms with van der Waals surface area (Å²) in [6.45, 7) is 5.80. The molecule has 2 atom stereocenters. The first kappa shape index (κ1) is 18.2. The largest absolute Gasteiger partial charge is 0.481 e. The van der Waals surface area contributed by atoms with Crippen LogP contribution >= 0.6 is 11.3 Å². The number of hydrogen-bond donors (Lipinski definition) is 3. The van der Waals surface area contributed by atoms with E-state index in [0.29, 0.717) is 18.4 Å². The molecule has 1 aliphatic rings. The van der Waals surface area contributed by atoms with Gasteiger partial charge in [-0.05, 0) is 39.2 Å². The number of hydrogen-bond acceptors (Lipinski definition) is 4. The average Bonchev–Trinajstić information content (AvgIpc) is 3.03. The highest BCUT2D eigenvalue weighted by Crippen LogP contribution is 2.34. The molecule has 7 heteroatoms. The zero-order chi connectivity index (χ0) is 17.9. The number of hydrazine groups is 1. The Morgan fingerprint density at radius 2 is 1.79 bits per heavy atom. The molecule has 0 spiro atoms. The van der Waals surface area contributed by atoms with Crippen LogP contribution in [-0.2, 0) is 16.0 Å². The molecule has 6 nitrogen and oxygen atoms in total. The number of aryl methyl sites for hydroxylation is 1. The van der Waals surface area contributed by atoms with Crippen molar-refractivity contribution in [3.8, 4) is 0 Å². The van der Waals surface area contributed by atoms with E-state index in [1.807, 2.05) is 20.8 Å². The van der Waals surface area contributed by atoms with Gasteiger partial charge in [-0.15, -0.1) is 11.3 Å². The second kappa shape index (κ2) is 7.61. The van der Waals surface area contributed by atoms with Crippen LogP contribution in [0.3, 0.4) is 0 Å². The Morgan fingerprint density at radius 1 is 1.17 bits per heavy atom. The Bertz CT molecular complexity index is 693. The lowest BCUT2D eigenvalue weighted by Gasteiger charge is -2.29. The smallest absolute Gasteiger partial charge is 0.307 e. The van der Waals surface area contributed by atoms with Gasteiger partial charge in [0.1, 0.15) is 0 Å². The number of carboxylic acid groups (broad SMARTS) is 1. The molecule has 0 fully saturated rings. The molecule has 0 saturated carbocycles. The number of rotatable bonds is 4. The predicted octanol–water partition coefficient (Wildman–Crippen LogP) is 2.52. The molecular formula is C17H22N2O4S. The summed E-state index contributed by atoms with van der Waals surface area (Å²) in [5.74, 6) is -3.30. The highest BCUT2D eigenvalue weighted by Gasteiger charge is 2.37. The monoisotopic (exact) mass is 350 g/mol. The van der Waals surface area contributed by atoms with Gasteiger partial charge in [0.15, 0.2) is 0 Å². The van der Waals surface area contributed by atoms with Gasteiger partial charge in [0.25, 0.3) is 5.91 Å². The fraction of sp³-hybridized carbons (Fsp3) is 0.471. The molecule has 0 aromatic carbocycles. The van der Waals surface area contributed by atoms with Crippen molar-refractivity contribution in [1.82, 2.24) is 10.9 Å². The van der Waals surface area contributed by atoms with Gasteiger partial charge in [-0.2, -0.15) is 0 Å². The van der Waals surface area contributed by atoms with E-state index < -0.39 is 29.6 Å². The molecule has 0 aliphatic heterocycles. The maximum absolute atomic E-state index is 12.4. The molecular weight excluding hydrogens is 328 g/mol. The second-order valence-corrected chi connectivity index (χ2v) is 7.11. The number of thiophene rings is 1. The minimum Gasteiger partial charge on any atom is -0.481 e. The maximum atomic E-state index is 12.4. The summed E-state index contributed by atoms with van der Waals surface area (Å²) in [5.41, 5.74) is 7.29. The third-order valence-corrected chi connectivity index (χ3v) is 5.57. The van der Waals surface area contributed by atoms with E-state index in [1.165, 1.54) is 11.3 Å². The van der Waals surface area contributed by atoms with E-state index in [1.54, 1.807) is 11.4 Å². The van der Waals surface area contributed by atoms with Crippen LogP contribution < -0.4 is 10.9 Å². The topological polar surface area (TPSA) is 95.5 Å². The lowest BCUT2D eigenvalue weighted by atomic mass is 9.76. The zero-order valence-corrected chi connectivity index (χ0v) is 14.8. The highest BCUT2D eigenvalue weighted by molar-refractivity contribution is 7.10. The highest BCUT2D eigenvalue weighted by atomic mass is 32.1. The summed E-state index contributed by atoms with van der Waals surface area (Å²) < 4.78 is 0. The fourth-order valence-corrected chi connectivity index (χ4v) is 3.61. The molecule has 1 heterocycles. The predicted molar refractivity (Wildman–Crippen MR) is 91.5 cm³/mol. The van der Waals surface area contributed by atoms with Gasteiger partial charge in [0.05, 0.1) is 17.4 Å². The Balaban J connectivity index is 2.00. The maximum Gasteiger partial charge on any atom is 0.307 e. The van der Waals surface area contributed by atoms with Crippen molar-refractivity contribution in [2.45, 2.75) is 40.0 Å². The van der Waals surface area contributed by atoms with E-state index in [9.17, 15) is 19.5 Å². The zero-order valence-electron chi connectivity index (χ0n) is 14.0. The minimum atomic E-state index is -0.987. The number of amides is 2. The molecule has 1 aliphatic carbocycles. The molecule has 2 rings (SSSR count). The Kier molecular flexibility index (Phi) is 5.77. The molecule has 1 aromatic rings. The lowest BCUT2D eigenvalue weighted by Crippen LogP contribution is -2.48. The molecule has 0 unspecified atom stereocenters. The molecule has 0 saturated heterocycles. The minimum absolute atomic E-state index is 0.359. The van der Waals surface area contributed by atoms with Crippen LogP contribution in [0.5, 0.6) is 0 Å². The van der Waals surface area contributed by atoms with Crippen molar-refractivity contribution in [2.24, 2.45) is 11.8 Å². The van der Waals surface area contributed by atoms with Crippen molar-refractivity contribution < 1.29 is 19.5 Å². The first-order valence-electron chi connectivity index (χ1n) is 7.89. The second-order valence-electron chi connectivity index (χ2n) is 6.12. The van der Waals surface area contributed by atoms with Crippen LogP contribution in [0.2, 0.25) is 0 Å². The first-order valence-corrected chi connectivity index (χ1v) is 8.77. The number of nitrogens with one attached hydrogen (secondary N) is 2. The summed E-state index contributed by atoms with van der Waals surface area (Å²) >= 11 is 1.49. The van der Waals surface area contributed by atoms with Crippen molar-refractivity contribution in [1.29, 1.82) is 0 Å². The van der Waals surface area contributed by atoms with Gasteiger partial charge in [-0.1, -0.05) is 18.1 Å². The van der Waals surface area contributed by atoms with Gasteiger partial charge < -0.3 is 5.11 Å². The van der Waals surface area contributed by atoms with E-state index in [4.69, 9.17) is 0 Å². The number of aliphatic carboxylic acids is 1. The van der Waals surface area contributed by atoms with Gasteiger partial charge in [0, 0.05) is 10.3 Å². The van der Waals surface area contributed by atoms with Crippen LogP contribution in [0, 0.1) is 11.8 Å². The van der Waals surface area contributed by atoms with Gasteiger partial charge >= 0.3 is 5.97 Å². The van der Waals surface area contributed by atoms with Gasteiger partial charge in [-0.25, -0.2) is 0 Å². The van der Waals surface area contributed by atoms with E-state index >= 15 is 0 Å². The number of allylic oxidation sites excluding steroid dienone is 2. The Morgan fingerprint density at radius 3 is 2.33 bits per heavy atom. The van der Waals surface area contributed by atoms with Crippen molar-refractivity contribution in [3.05, 3.63) is 33.0 Å². The van der Waals surface area contributed by atoms with Crippen LogP contribution in [0.15, 0.2) is 22.6 Å². The summed E-state index contributed by atoms with van der Waals surface area (Å²) in [7, 11) is 0. The number of carbonyl (C=O) groups excluding carboxylic acids is 2. The molecule has 130 valence electrons. The van der Waals surface area contributed by atoms with E-state index in [0.717, 1.165) is 22.4 Å². The van der Waals surface area contributed by atoms with Crippen molar-refractivity contribution >= 4 is 29.1 Å². The first-order chi connectivity index (χ1) is 11.3. The summed E-state index contributed by atoms with van der Waals surface area (Å²) in [4.78, 5) is 36.9.